The summed E-state index contributed by atoms with van der Waals surface area (Å²) < 4.78 is 32.3. The van der Waals surface area contributed by atoms with Crippen LogP contribution < -0.4 is 4.90 Å². The van der Waals surface area contributed by atoms with Gasteiger partial charge in [0.2, 0.25) is 10.0 Å². The van der Waals surface area contributed by atoms with Gasteiger partial charge in [0.15, 0.2) is 0 Å². The van der Waals surface area contributed by atoms with Crippen molar-refractivity contribution < 1.29 is 18.1 Å². The molecule has 0 bridgehead atoms. The summed E-state index contributed by atoms with van der Waals surface area (Å²) in [4.78, 5) is 14.9. The summed E-state index contributed by atoms with van der Waals surface area (Å²) in [5, 5.41) is 11.5. The molecule has 2 aliphatic heterocycles. The van der Waals surface area contributed by atoms with Gasteiger partial charge in [-0.05, 0) is 19.2 Å². The molecule has 0 unspecified atom stereocenters. The van der Waals surface area contributed by atoms with Crippen molar-refractivity contribution in [1.29, 1.82) is 0 Å². The summed E-state index contributed by atoms with van der Waals surface area (Å²) in [6.45, 7) is 4.16. The minimum atomic E-state index is -3.73. The summed E-state index contributed by atoms with van der Waals surface area (Å²) in [6, 6.07) is 4.18. The number of likely N-dealkylation sites (N-methyl/N-ethyl adjacent to an activating group) is 1. The zero-order valence-electron chi connectivity index (χ0n) is 14.1. The van der Waals surface area contributed by atoms with E-state index in [0.717, 1.165) is 0 Å². The van der Waals surface area contributed by atoms with Gasteiger partial charge in [0.1, 0.15) is 5.69 Å². The maximum atomic E-state index is 12.8. The molecule has 3 rings (SSSR count). The Bertz CT molecular complexity index is 740. The van der Waals surface area contributed by atoms with E-state index in [4.69, 9.17) is 4.74 Å². The molecule has 25 heavy (non-hydrogen) atoms. The highest BCUT2D eigenvalue weighted by atomic mass is 32.2. The zero-order chi connectivity index (χ0) is 18.0. The van der Waals surface area contributed by atoms with Crippen molar-refractivity contribution in [2.24, 2.45) is 0 Å². The van der Waals surface area contributed by atoms with Crippen LogP contribution in [0.4, 0.5) is 11.4 Å². The fourth-order valence-electron chi connectivity index (χ4n) is 3.06. The molecule has 138 valence electrons. The average molecular weight is 370 g/mol. The number of hydrogen-bond donors (Lipinski definition) is 0. The van der Waals surface area contributed by atoms with E-state index in [-0.39, 0.29) is 10.6 Å². The molecule has 1 aromatic carbocycles. The van der Waals surface area contributed by atoms with Gasteiger partial charge in [-0.15, -0.1) is 0 Å². The molecular weight excluding hydrogens is 348 g/mol. The number of ether oxygens (including phenoxy) is 1. The standard InChI is InChI=1S/C15H22N4O5S/c1-16-4-6-18(7-5-16)25(22,23)13-2-3-14(15(12-13)19(20)21)17-8-10-24-11-9-17/h2-3,12H,4-11H2,1H3. The number of benzene rings is 1. The van der Waals surface area contributed by atoms with Gasteiger partial charge < -0.3 is 14.5 Å². The van der Waals surface area contributed by atoms with E-state index < -0.39 is 14.9 Å². The quantitative estimate of drug-likeness (QED) is 0.558. The highest BCUT2D eigenvalue weighted by Gasteiger charge is 2.30. The number of hydrogen-bond acceptors (Lipinski definition) is 7. The first-order valence-electron chi connectivity index (χ1n) is 8.19. The summed E-state index contributed by atoms with van der Waals surface area (Å²) in [7, 11) is -1.79. The molecule has 2 fully saturated rings. The van der Waals surface area contributed by atoms with E-state index in [0.29, 0.717) is 58.2 Å². The molecule has 10 heteroatoms. The van der Waals surface area contributed by atoms with Crippen LogP contribution in [0.1, 0.15) is 0 Å². The van der Waals surface area contributed by atoms with Crippen LogP contribution in [0.5, 0.6) is 0 Å². The maximum Gasteiger partial charge on any atom is 0.293 e. The molecule has 2 aliphatic rings. The number of sulfonamides is 1. The summed E-state index contributed by atoms with van der Waals surface area (Å²) in [5.74, 6) is 0. The Balaban J connectivity index is 1.92. The summed E-state index contributed by atoms with van der Waals surface area (Å²) in [5.41, 5.74) is 0.253. The third-order valence-electron chi connectivity index (χ3n) is 4.60. The zero-order valence-corrected chi connectivity index (χ0v) is 14.9. The fraction of sp³-hybridized carbons (Fsp3) is 0.600. The number of nitro groups is 1. The third-order valence-corrected chi connectivity index (χ3v) is 6.49. The van der Waals surface area contributed by atoms with Crippen molar-refractivity contribution in [2.45, 2.75) is 4.90 Å². The Morgan fingerprint density at radius 3 is 2.32 bits per heavy atom. The summed E-state index contributed by atoms with van der Waals surface area (Å²) in [6.07, 6.45) is 0. The van der Waals surface area contributed by atoms with Gasteiger partial charge in [-0.1, -0.05) is 0 Å². The lowest BCUT2D eigenvalue weighted by Gasteiger charge is -2.32. The minimum Gasteiger partial charge on any atom is -0.378 e. The first-order chi connectivity index (χ1) is 11.9. The van der Waals surface area contributed by atoms with Crippen LogP contribution in [0.25, 0.3) is 0 Å². The predicted octanol–water partition coefficient (Wildman–Crippen LogP) is 0.368. The number of piperazine rings is 1. The van der Waals surface area contributed by atoms with E-state index in [1.54, 1.807) is 0 Å². The maximum absolute atomic E-state index is 12.8. The molecule has 0 radical (unpaired) electrons. The normalized spacial score (nSPS) is 20.6. The van der Waals surface area contributed by atoms with Gasteiger partial charge in [0.25, 0.3) is 5.69 Å². The van der Waals surface area contributed by atoms with E-state index in [1.165, 1.54) is 22.5 Å². The van der Waals surface area contributed by atoms with Crippen molar-refractivity contribution in [3.05, 3.63) is 28.3 Å². The van der Waals surface area contributed by atoms with Crippen LogP contribution >= 0.6 is 0 Å². The molecule has 0 amide bonds. The van der Waals surface area contributed by atoms with Crippen LogP contribution in [0.2, 0.25) is 0 Å². The second kappa shape index (κ2) is 7.24. The lowest BCUT2D eigenvalue weighted by atomic mass is 10.2. The fourth-order valence-corrected chi connectivity index (χ4v) is 4.50. The highest BCUT2D eigenvalue weighted by molar-refractivity contribution is 7.89. The second-order valence-electron chi connectivity index (χ2n) is 6.21. The molecule has 2 heterocycles. The Hall–Kier alpha value is -1.75. The van der Waals surface area contributed by atoms with E-state index in [1.807, 2.05) is 11.9 Å². The number of anilines is 1. The van der Waals surface area contributed by atoms with Crippen molar-refractivity contribution in [3.8, 4) is 0 Å². The number of rotatable bonds is 4. The predicted molar refractivity (Wildman–Crippen MR) is 92.4 cm³/mol. The van der Waals surface area contributed by atoms with Gasteiger partial charge in [0, 0.05) is 45.3 Å². The van der Waals surface area contributed by atoms with E-state index in [9.17, 15) is 18.5 Å². The van der Waals surface area contributed by atoms with Gasteiger partial charge in [-0.25, -0.2) is 8.42 Å². The number of nitrogens with zero attached hydrogens (tertiary/aromatic N) is 4. The van der Waals surface area contributed by atoms with Crippen LogP contribution in [-0.2, 0) is 14.8 Å². The third kappa shape index (κ3) is 3.76. The number of nitro benzene ring substituents is 1. The largest absolute Gasteiger partial charge is 0.378 e. The SMILES string of the molecule is CN1CCN(S(=O)(=O)c2ccc(N3CCOCC3)c([N+](=O)[O-])c2)CC1. The first kappa shape index (κ1) is 18.1. The Morgan fingerprint density at radius 1 is 1.08 bits per heavy atom. The van der Waals surface area contributed by atoms with Crippen molar-refractivity contribution in [2.75, 3.05) is 64.4 Å². The molecular formula is C15H22N4O5S. The van der Waals surface area contributed by atoms with Crippen LogP contribution in [-0.4, -0.2) is 82.1 Å². The Morgan fingerprint density at radius 2 is 1.72 bits per heavy atom. The molecule has 0 aliphatic carbocycles. The topological polar surface area (TPSA) is 96.2 Å². The van der Waals surface area contributed by atoms with Gasteiger partial charge in [-0.2, -0.15) is 4.31 Å². The molecule has 1 aromatic rings. The highest BCUT2D eigenvalue weighted by Crippen LogP contribution is 2.32. The van der Waals surface area contributed by atoms with Crippen molar-refractivity contribution >= 4 is 21.4 Å². The van der Waals surface area contributed by atoms with Gasteiger partial charge in [0.05, 0.1) is 23.0 Å². The van der Waals surface area contributed by atoms with Gasteiger partial charge >= 0.3 is 0 Å². The second-order valence-corrected chi connectivity index (χ2v) is 8.15. The van der Waals surface area contributed by atoms with E-state index >= 15 is 0 Å². The van der Waals surface area contributed by atoms with Gasteiger partial charge in [-0.3, -0.25) is 10.1 Å². The molecule has 9 nitrogen and oxygen atoms in total. The summed E-state index contributed by atoms with van der Waals surface area (Å²) >= 11 is 0. The van der Waals surface area contributed by atoms with Crippen molar-refractivity contribution in [1.82, 2.24) is 9.21 Å². The molecule has 0 saturated carbocycles. The number of morpholine rings is 1. The monoisotopic (exact) mass is 370 g/mol. The molecule has 0 N–H and O–H groups in total. The average Bonchev–Trinajstić information content (AvgIpc) is 2.62. The van der Waals surface area contributed by atoms with Crippen LogP contribution in [0, 0.1) is 10.1 Å². The van der Waals surface area contributed by atoms with E-state index in [2.05, 4.69) is 4.90 Å². The lowest BCUT2D eigenvalue weighted by molar-refractivity contribution is -0.384. The molecule has 0 aromatic heterocycles. The molecule has 0 atom stereocenters. The van der Waals surface area contributed by atoms with Crippen LogP contribution in [0.3, 0.4) is 0 Å². The minimum absolute atomic E-state index is 0.0271. The Labute approximate surface area is 147 Å². The van der Waals surface area contributed by atoms with Crippen LogP contribution in [0.15, 0.2) is 23.1 Å². The molecule has 2 saturated heterocycles. The Kier molecular flexibility index (Phi) is 5.23. The first-order valence-corrected chi connectivity index (χ1v) is 9.63. The molecule has 0 spiro atoms. The lowest BCUT2D eigenvalue weighted by Crippen LogP contribution is -2.47. The smallest absolute Gasteiger partial charge is 0.293 e. The van der Waals surface area contributed by atoms with Crippen molar-refractivity contribution in [3.63, 3.8) is 0 Å².